The van der Waals surface area contributed by atoms with Gasteiger partial charge in [0.2, 0.25) is 0 Å². The van der Waals surface area contributed by atoms with Crippen LogP contribution in [-0.4, -0.2) is 46.3 Å². The lowest BCUT2D eigenvalue weighted by molar-refractivity contribution is -0.0337. The smallest absolute Gasteiger partial charge is 0.180 e. The number of nitrogens with zero attached hydrogens (tertiary/aromatic N) is 3. The standard InChI is InChI=1S/C14H20N4OS/c1-2-13-15-14(17-16-13)12-10-18(7-8-19-12)6-5-11-4-3-9-20-11/h3-4,9,12H,2,5-8,10H2,1H3,(H,15,16,17)/t12-/m1/s1. The molecule has 20 heavy (non-hydrogen) atoms. The molecular formula is C14H20N4OS. The summed E-state index contributed by atoms with van der Waals surface area (Å²) in [5, 5.41) is 9.37. The van der Waals surface area contributed by atoms with Gasteiger partial charge in [-0.25, -0.2) is 4.98 Å². The van der Waals surface area contributed by atoms with Crippen LogP contribution in [0.2, 0.25) is 0 Å². The maximum atomic E-state index is 5.81. The highest BCUT2D eigenvalue weighted by Crippen LogP contribution is 2.20. The van der Waals surface area contributed by atoms with E-state index in [0.29, 0.717) is 0 Å². The van der Waals surface area contributed by atoms with Gasteiger partial charge in [-0.3, -0.25) is 10.00 Å². The molecule has 0 bridgehead atoms. The molecule has 1 N–H and O–H groups in total. The number of ether oxygens (including phenoxy) is 1. The Morgan fingerprint density at radius 2 is 2.50 bits per heavy atom. The predicted molar refractivity (Wildman–Crippen MR) is 78.9 cm³/mol. The monoisotopic (exact) mass is 292 g/mol. The van der Waals surface area contributed by atoms with Crippen LogP contribution in [0, 0.1) is 0 Å². The first-order valence-electron chi connectivity index (χ1n) is 7.12. The van der Waals surface area contributed by atoms with Crippen molar-refractivity contribution in [2.24, 2.45) is 0 Å². The van der Waals surface area contributed by atoms with Crippen LogP contribution in [-0.2, 0) is 17.6 Å². The van der Waals surface area contributed by atoms with Crippen LogP contribution in [0.5, 0.6) is 0 Å². The molecular weight excluding hydrogens is 272 g/mol. The maximum Gasteiger partial charge on any atom is 0.180 e. The summed E-state index contributed by atoms with van der Waals surface area (Å²) in [6, 6.07) is 4.31. The van der Waals surface area contributed by atoms with E-state index in [2.05, 4.69) is 44.5 Å². The summed E-state index contributed by atoms with van der Waals surface area (Å²) in [6.07, 6.45) is 1.99. The van der Waals surface area contributed by atoms with Crippen molar-refractivity contribution < 1.29 is 4.74 Å². The highest BCUT2D eigenvalue weighted by molar-refractivity contribution is 7.09. The molecule has 0 aromatic carbocycles. The second kappa shape index (κ2) is 6.47. The first-order valence-corrected chi connectivity index (χ1v) is 8.00. The Morgan fingerprint density at radius 1 is 1.55 bits per heavy atom. The van der Waals surface area contributed by atoms with Crippen molar-refractivity contribution in [3.63, 3.8) is 0 Å². The summed E-state index contributed by atoms with van der Waals surface area (Å²) < 4.78 is 5.81. The van der Waals surface area contributed by atoms with Crippen molar-refractivity contribution in [3.8, 4) is 0 Å². The minimum absolute atomic E-state index is 0.00337. The average molecular weight is 292 g/mol. The van der Waals surface area contributed by atoms with Gasteiger partial charge in [-0.15, -0.1) is 11.3 Å². The lowest BCUT2D eigenvalue weighted by Gasteiger charge is -2.31. The lowest BCUT2D eigenvalue weighted by atomic mass is 10.2. The maximum absolute atomic E-state index is 5.81. The molecule has 3 rings (SSSR count). The largest absolute Gasteiger partial charge is 0.367 e. The van der Waals surface area contributed by atoms with Gasteiger partial charge in [0.05, 0.1) is 6.61 Å². The summed E-state index contributed by atoms with van der Waals surface area (Å²) in [6.45, 7) is 5.77. The average Bonchev–Trinajstić information content (AvgIpc) is 3.16. The molecule has 2 aromatic rings. The van der Waals surface area contributed by atoms with Crippen LogP contribution >= 0.6 is 11.3 Å². The predicted octanol–water partition coefficient (Wildman–Crippen LogP) is 2.04. The molecule has 0 amide bonds. The molecule has 1 aliphatic rings. The van der Waals surface area contributed by atoms with Gasteiger partial charge < -0.3 is 4.74 Å². The quantitative estimate of drug-likeness (QED) is 0.916. The number of hydrogen-bond acceptors (Lipinski definition) is 5. The summed E-state index contributed by atoms with van der Waals surface area (Å²) in [5.41, 5.74) is 0. The van der Waals surface area contributed by atoms with E-state index in [1.165, 1.54) is 4.88 Å². The molecule has 6 heteroatoms. The van der Waals surface area contributed by atoms with E-state index < -0.39 is 0 Å². The first kappa shape index (κ1) is 13.7. The fourth-order valence-corrected chi connectivity index (χ4v) is 3.10. The minimum atomic E-state index is 0.00337. The topological polar surface area (TPSA) is 54.0 Å². The van der Waals surface area contributed by atoms with E-state index in [4.69, 9.17) is 4.74 Å². The van der Waals surface area contributed by atoms with E-state index in [9.17, 15) is 0 Å². The molecule has 1 atom stereocenters. The number of aryl methyl sites for hydroxylation is 1. The van der Waals surface area contributed by atoms with Gasteiger partial charge in [0.25, 0.3) is 0 Å². The Bertz CT molecular complexity index is 525. The highest BCUT2D eigenvalue weighted by Gasteiger charge is 2.24. The zero-order chi connectivity index (χ0) is 13.8. The zero-order valence-corrected chi connectivity index (χ0v) is 12.5. The molecule has 108 valence electrons. The molecule has 2 aromatic heterocycles. The number of H-pyrrole nitrogens is 1. The first-order chi connectivity index (χ1) is 9.85. The van der Waals surface area contributed by atoms with Crippen LogP contribution < -0.4 is 0 Å². The second-order valence-corrected chi connectivity index (χ2v) is 6.02. The third-order valence-electron chi connectivity index (χ3n) is 3.58. The molecule has 0 spiro atoms. The van der Waals surface area contributed by atoms with Gasteiger partial charge in [-0.05, 0) is 17.9 Å². The SMILES string of the molecule is CCc1nc([C@H]2CN(CCc3cccs3)CCO2)n[nH]1. The number of hydrogen-bond donors (Lipinski definition) is 1. The molecule has 0 radical (unpaired) electrons. The van der Waals surface area contributed by atoms with Gasteiger partial charge in [-0.1, -0.05) is 13.0 Å². The Balaban J connectivity index is 1.55. The van der Waals surface area contributed by atoms with Crippen molar-refractivity contribution >= 4 is 11.3 Å². The second-order valence-electron chi connectivity index (χ2n) is 4.98. The molecule has 0 unspecified atom stereocenters. The number of aromatic nitrogens is 3. The van der Waals surface area contributed by atoms with Crippen LogP contribution in [0.1, 0.15) is 29.6 Å². The van der Waals surface area contributed by atoms with E-state index in [-0.39, 0.29) is 6.10 Å². The molecule has 0 saturated carbocycles. The molecule has 3 heterocycles. The van der Waals surface area contributed by atoms with Crippen LogP contribution in [0.15, 0.2) is 17.5 Å². The van der Waals surface area contributed by atoms with E-state index in [0.717, 1.165) is 50.7 Å². The minimum Gasteiger partial charge on any atom is -0.367 e. The lowest BCUT2D eigenvalue weighted by Crippen LogP contribution is -2.39. The molecule has 5 nitrogen and oxygen atoms in total. The van der Waals surface area contributed by atoms with E-state index in [1.807, 2.05) is 11.3 Å². The Morgan fingerprint density at radius 3 is 3.25 bits per heavy atom. The summed E-state index contributed by atoms with van der Waals surface area (Å²) in [7, 11) is 0. The van der Waals surface area contributed by atoms with Crippen LogP contribution in [0.4, 0.5) is 0 Å². The van der Waals surface area contributed by atoms with Crippen LogP contribution in [0.3, 0.4) is 0 Å². The van der Waals surface area contributed by atoms with Gasteiger partial charge in [0, 0.05) is 30.9 Å². The summed E-state index contributed by atoms with van der Waals surface area (Å²) >= 11 is 1.83. The highest BCUT2D eigenvalue weighted by atomic mass is 32.1. The summed E-state index contributed by atoms with van der Waals surface area (Å²) in [4.78, 5) is 8.36. The van der Waals surface area contributed by atoms with E-state index >= 15 is 0 Å². The number of morpholine rings is 1. The van der Waals surface area contributed by atoms with Gasteiger partial charge in [0.1, 0.15) is 11.9 Å². The Kier molecular flexibility index (Phi) is 4.44. The third-order valence-corrected chi connectivity index (χ3v) is 4.51. The Labute approximate surface area is 123 Å². The van der Waals surface area contributed by atoms with Crippen LogP contribution in [0.25, 0.3) is 0 Å². The number of thiophene rings is 1. The van der Waals surface area contributed by atoms with Crippen molar-refractivity contribution in [1.29, 1.82) is 0 Å². The number of rotatable bonds is 5. The summed E-state index contributed by atoms with van der Waals surface area (Å²) in [5.74, 6) is 1.72. The molecule has 0 aliphatic carbocycles. The third kappa shape index (κ3) is 3.26. The van der Waals surface area contributed by atoms with Crippen molar-refractivity contribution in [1.82, 2.24) is 20.1 Å². The fourth-order valence-electron chi connectivity index (χ4n) is 2.40. The van der Waals surface area contributed by atoms with Crippen molar-refractivity contribution in [3.05, 3.63) is 34.0 Å². The molecule has 1 saturated heterocycles. The molecule has 1 aliphatic heterocycles. The van der Waals surface area contributed by atoms with E-state index in [1.54, 1.807) is 0 Å². The number of nitrogens with one attached hydrogen (secondary N) is 1. The van der Waals surface area contributed by atoms with Gasteiger partial charge in [-0.2, -0.15) is 5.10 Å². The zero-order valence-electron chi connectivity index (χ0n) is 11.7. The van der Waals surface area contributed by atoms with Gasteiger partial charge in [0.15, 0.2) is 5.82 Å². The van der Waals surface area contributed by atoms with Gasteiger partial charge >= 0.3 is 0 Å². The molecule has 1 fully saturated rings. The van der Waals surface area contributed by atoms with Crippen molar-refractivity contribution in [2.45, 2.75) is 25.9 Å². The number of aromatic amines is 1. The van der Waals surface area contributed by atoms with Crippen molar-refractivity contribution in [2.75, 3.05) is 26.2 Å². The Hall–Kier alpha value is -1.24. The normalized spacial score (nSPS) is 20.4. The fraction of sp³-hybridized carbons (Fsp3) is 0.571.